The van der Waals surface area contributed by atoms with Gasteiger partial charge < -0.3 is 0 Å². The van der Waals surface area contributed by atoms with E-state index in [2.05, 4.69) is 0 Å². The van der Waals surface area contributed by atoms with Crippen LogP contribution in [0.25, 0.3) is 11.1 Å². The second-order valence-electron chi connectivity index (χ2n) is 8.42. The third kappa shape index (κ3) is 3.16. The molecular weight excluding hydrogens is 420 g/mol. The fraction of sp³-hybridized carbons (Fsp3) is 0.192. The lowest BCUT2D eigenvalue weighted by Crippen LogP contribution is -2.38. The third-order valence-corrected chi connectivity index (χ3v) is 6.67. The summed E-state index contributed by atoms with van der Waals surface area (Å²) in [6.45, 7) is 0. The number of benzene rings is 3. The van der Waals surface area contributed by atoms with Gasteiger partial charge in [0.1, 0.15) is 11.2 Å². The summed E-state index contributed by atoms with van der Waals surface area (Å²) in [4.78, 5) is 51.7. The van der Waals surface area contributed by atoms with E-state index in [9.17, 15) is 24.5 Å². The minimum absolute atomic E-state index is 0.0983. The molecule has 1 heterocycles. The molecule has 2 unspecified atom stereocenters. The number of ketones is 2. The molecule has 1 aliphatic heterocycles. The van der Waals surface area contributed by atoms with Gasteiger partial charge in [0.25, 0.3) is 11.6 Å². The van der Waals surface area contributed by atoms with E-state index < -0.39 is 28.1 Å². The predicted molar refractivity (Wildman–Crippen MR) is 121 cm³/mol. The molecule has 1 spiro atoms. The number of non-ortho nitro benzene ring substituents is 1. The fourth-order valence-corrected chi connectivity index (χ4v) is 5.13. The lowest BCUT2D eigenvalue weighted by Gasteiger charge is -2.32. The highest BCUT2D eigenvalue weighted by Gasteiger charge is 2.65. The molecule has 7 nitrogen and oxygen atoms in total. The van der Waals surface area contributed by atoms with Gasteiger partial charge in [0, 0.05) is 24.2 Å². The summed E-state index contributed by atoms with van der Waals surface area (Å²) in [6, 6.07) is 21.9. The molecule has 0 bridgehead atoms. The molecule has 2 aliphatic rings. The molecule has 1 saturated carbocycles. The number of rotatable bonds is 4. The van der Waals surface area contributed by atoms with E-state index in [1.807, 2.05) is 48.5 Å². The van der Waals surface area contributed by atoms with Crippen LogP contribution >= 0.6 is 0 Å². The molecule has 3 aromatic carbocycles. The molecule has 1 saturated heterocycles. The summed E-state index contributed by atoms with van der Waals surface area (Å²) in [7, 11) is 0. The SMILES string of the molecule is O=C1C(=O)C2(CCCC2=O)C(c2ccc([N+](=O)[O-])cc2)N1c1cccc(-c2ccccc2)c1. The lowest BCUT2D eigenvalue weighted by molar-refractivity contribution is -0.384. The summed E-state index contributed by atoms with van der Waals surface area (Å²) in [5, 5.41) is 11.1. The van der Waals surface area contributed by atoms with Crippen LogP contribution in [0.4, 0.5) is 11.4 Å². The van der Waals surface area contributed by atoms with Gasteiger partial charge in [-0.05, 0) is 41.7 Å². The van der Waals surface area contributed by atoms with E-state index in [-0.39, 0.29) is 24.3 Å². The highest BCUT2D eigenvalue weighted by Crippen LogP contribution is 2.54. The average Bonchev–Trinajstić information content (AvgIpc) is 3.33. The van der Waals surface area contributed by atoms with Gasteiger partial charge in [0.2, 0.25) is 5.78 Å². The van der Waals surface area contributed by atoms with Crippen molar-refractivity contribution in [3.63, 3.8) is 0 Å². The highest BCUT2D eigenvalue weighted by atomic mass is 16.6. The zero-order valence-electron chi connectivity index (χ0n) is 17.6. The van der Waals surface area contributed by atoms with Crippen LogP contribution in [0.1, 0.15) is 30.9 Å². The maximum absolute atomic E-state index is 13.3. The van der Waals surface area contributed by atoms with Gasteiger partial charge in [-0.15, -0.1) is 0 Å². The summed E-state index contributed by atoms with van der Waals surface area (Å²) in [5.41, 5.74) is 1.30. The zero-order chi connectivity index (χ0) is 23.2. The molecule has 1 amide bonds. The van der Waals surface area contributed by atoms with Crippen LogP contribution in [0.2, 0.25) is 0 Å². The number of hydrogen-bond donors (Lipinski definition) is 0. The number of carbonyl (C=O) groups is 3. The quantitative estimate of drug-likeness (QED) is 0.254. The van der Waals surface area contributed by atoms with Gasteiger partial charge in [-0.1, -0.05) is 54.6 Å². The number of amides is 1. The van der Waals surface area contributed by atoms with E-state index in [1.54, 1.807) is 6.07 Å². The maximum Gasteiger partial charge on any atom is 0.296 e. The maximum atomic E-state index is 13.3. The van der Waals surface area contributed by atoms with Crippen molar-refractivity contribution in [3.05, 3.63) is 94.5 Å². The van der Waals surface area contributed by atoms with Crippen LogP contribution in [0.3, 0.4) is 0 Å². The molecule has 1 aliphatic carbocycles. The molecule has 2 fully saturated rings. The first-order valence-corrected chi connectivity index (χ1v) is 10.7. The van der Waals surface area contributed by atoms with Gasteiger partial charge in [0.15, 0.2) is 0 Å². The van der Waals surface area contributed by atoms with Crippen molar-refractivity contribution in [1.29, 1.82) is 0 Å². The van der Waals surface area contributed by atoms with Crippen LogP contribution < -0.4 is 4.90 Å². The van der Waals surface area contributed by atoms with Crippen molar-refractivity contribution in [2.75, 3.05) is 4.90 Å². The van der Waals surface area contributed by atoms with Crippen molar-refractivity contribution >= 4 is 28.8 Å². The molecule has 0 N–H and O–H groups in total. The number of Topliss-reactive ketones (excluding diaryl/α,β-unsaturated/α-hetero) is 2. The third-order valence-electron chi connectivity index (χ3n) is 6.67. The van der Waals surface area contributed by atoms with Crippen molar-refractivity contribution in [2.24, 2.45) is 5.41 Å². The predicted octanol–water partition coefficient (Wildman–Crippen LogP) is 4.66. The van der Waals surface area contributed by atoms with E-state index in [0.29, 0.717) is 17.7 Å². The molecule has 3 aromatic rings. The second kappa shape index (κ2) is 7.78. The van der Waals surface area contributed by atoms with Gasteiger partial charge >= 0.3 is 0 Å². The Bertz CT molecular complexity index is 1290. The van der Waals surface area contributed by atoms with Gasteiger partial charge in [0.05, 0.1) is 11.0 Å². The Morgan fingerprint density at radius 1 is 0.879 bits per heavy atom. The van der Waals surface area contributed by atoms with E-state index in [0.717, 1.165) is 11.1 Å². The van der Waals surface area contributed by atoms with Gasteiger partial charge in [-0.2, -0.15) is 0 Å². The first-order chi connectivity index (χ1) is 15.9. The van der Waals surface area contributed by atoms with E-state index in [4.69, 9.17) is 0 Å². The van der Waals surface area contributed by atoms with Crippen LogP contribution in [-0.2, 0) is 14.4 Å². The lowest BCUT2D eigenvalue weighted by atomic mass is 9.74. The van der Waals surface area contributed by atoms with Crippen molar-refractivity contribution in [2.45, 2.75) is 25.3 Å². The number of hydrogen-bond acceptors (Lipinski definition) is 5. The smallest absolute Gasteiger partial charge is 0.296 e. The summed E-state index contributed by atoms with van der Waals surface area (Å²) < 4.78 is 0. The largest absolute Gasteiger partial charge is 0.298 e. The van der Waals surface area contributed by atoms with Crippen molar-refractivity contribution in [3.8, 4) is 11.1 Å². The minimum Gasteiger partial charge on any atom is -0.298 e. The van der Waals surface area contributed by atoms with Crippen molar-refractivity contribution in [1.82, 2.24) is 0 Å². The highest BCUT2D eigenvalue weighted by molar-refractivity contribution is 6.50. The van der Waals surface area contributed by atoms with E-state index in [1.165, 1.54) is 29.2 Å². The minimum atomic E-state index is -1.46. The van der Waals surface area contributed by atoms with Crippen LogP contribution in [-0.4, -0.2) is 22.4 Å². The second-order valence-corrected chi connectivity index (χ2v) is 8.42. The van der Waals surface area contributed by atoms with Gasteiger partial charge in [-0.3, -0.25) is 29.4 Å². The Hall–Kier alpha value is -4.13. The Balaban J connectivity index is 1.67. The van der Waals surface area contributed by atoms with E-state index >= 15 is 0 Å². The van der Waals surface area contributed by atoms with Crippen molar-refractivity contribution < 1.29 is 19.3 Å². The molecule has 33 heavy (non-hydrogen) atoms. The van der Waals surface area contributed by atoms with Crippen LogP contribution in [0, 0.1) is 15.5 Å². The average molecular weight is 440 g/mol. The molecular formula is C26H20N2O5. The summed E-state index contributed by atoms with van der Waals surface area (Å²) in [6.07, 6.45) is 1.05. The number of nitrogens with zero attached hydrogens (tertiary/aromatic N) is 2. The molecule has 7 heteroatoms. The van der Waals surface area contributed by atoms with Crippen LogP contribution in [0.15, 0.2) is 78.9 Å². The normalized spacial score (nSPS) is 22.4. The number of carbonyl (C=O) groups excluding carboxylic acids is 3. The van der Waals surface area contributed by atoms with Gasteiger partial charge in [-0.25, -0.2) is 0 Å². The zero-order valence-corrected chi connectivity index (χ0v) is 17.6. The topological polar surface area (TPSA) is 97.6 Å². The number of nitro benzene ring substituents is 1. The molecule has 5 rings (SSSR count). The first-order valence-electron chi connectivity index (χ1n) is 10.7. The summed E-state index contributed by atoms with van der Waals surface area (Å²) in [5.74, 6) is -1.66. The molecule has 2 atom stereocenters. The summed E-state index contributed by atoms with van der Waals surface area (Å²) >= 11 is 0. The number of nitro groups is 1. The Kier molecular flexibility index (Phi) is 4.89. The monoisotopic (exact) mass is 440 g/mol. The van der Waals surface area contributed by atoms with Crippen LogP contribution in [0.5, 0.6) is 0 Å². The standard InChI is InChI=1S/C26H20N2O5/c29-22-10-5-15-26(22)23(18-11-13-20(14-12-18)28(32)33)27(25(31)24(26)30)21-9-4-8-19(16-21)17-6-2-1-3-7-17/h1-4,6-9,11-14,16,23H,5,10,15H2. The Morgan fingerprint density at radius 2 is 1.58 bits per heavy atom. The Labute approximate surface area is 189 Å². The molecule has 164 valence electrons. The molecule has 0 aromatic heterocycles. The first kappa shape index (κ1) is 20.8. The number of anilines is 1. The fourth-order valence-electron chi connectivity index (χ4n) is 5.13. The molecule has 0 radical (unpaired) electrons. The Morgan fingerprint density at radius 3 is 2.21 bits per heavy atom.